The average Bonchev–Trinajstić information content (AvgIpc) is 2.56. The second-order valence-corrected chi connectivity index (χ2v) is 7.34. The van der Waals surface area contributed by atoms with E-state index in [1.54, 1.807) is 6.92 Å². The summed E-state index contributed by atoms with van der Waals surface area (Å²) >= 11 is 0. The normalized spacial score (nSPS) is 28.2. The van der Waals surface area contributed by atoms with Crippen molar-refractivity contribution in [3.05, 3.63) is 0 Å². The Morgan fingerprint density at radius 3 is 1.68 bits per heavy atom. The van der Waals surface area contributed by atoms with Crippen LogP contribution in [0.2, 0.25) is 0 Å². The molecule has 0 unspecified atom stereocenters. The number of amides is 1. The zero-order chi connectivity index (χ0) is 15.5. The first-order chi connectivity index (χ1) is 10.6. The van der Waals surface area contributed by atoms with Crippen molar-refractivity contribution in [2.24, 2.45) is 0 Å². The fourth-order valence-corrected chi connectivity index (χ4v) is 4.38. The molecule has 3 saturated heterocycles. The molecule has 0 spiro atoms. The molecule has 0 bridgehead atoms. The molecule has 1 amide bonds. The van der Waals surface area contributed by atoms with Crippen molar-refractivity contribution in [2.45, 2.75) is 44.7 Å². The van der Waals surface area contributed by atoms with Crippen LogP contribution in [0.3, 0.4) is 0 Å². The summed E-state index contributed by atoms with van der Waals surface area (Å²) < 4.78 is 0. The molecule has 3 fully saturated rings. The van der Waals surface area contributed by atoms with Gasteiger partial charge in [-0.25, -0.2) is 0 Å². The predicted molar refractivity (Wildman–Crippen MR) is 88.9 cm³/mol. The van der Waals surface area contributed by atoms with Crippen molar-refractivity contribution >= 4 is 5.91 Å². The number of piperidine rings is 2. The second kappa shape index (κ2) is 7.28. The number of piperazine rings is 1. The van der Waals surface area contributed by atoms with E-state index in [1.807, 2.05) is 4.90 Å². The van der Waals surface area contributed by atoms with Crippen molar-refractivity contribution in [1.82, 2.24) is 19.6 Å². The van der Waals surface area contributed by atoms with Crippen molar-refractivity contribution in [3.8, 4) is 0 Å². The standard InChI is InChI=1S/C17H32N4O/c1-15(22)19-11-13-21(14-12-19)17-5-9-20(10-6-17)16-3-7-18(2)8-4-16/h16-17H,3-14H2,1-2H3. The molecule has 0 aromatic heterocycles. The highest BCUT2D eigenvalue weighted by Crippen LogP contribution is 2.23. The molecule has 5 heteroatoms. The molecule has 22 heavy (non-hydrogen) atoms. The molecule has 3 rings (SSSR count). The van der Waals surface area contributed by atoms with Gasteiger partial charge in [-0.3, -0.25) is 9.69 Å². The maximum absolute atomic E-state index is 11.4. The maximum atomic E-state index is 11.4. The van der Waals surface area contributed by atoms with E-state index in [1.165, 1.54) is 51.9 Å². The van der Waals surface area contributed by atoms with Gasteiger partial charge in [0.2, 0.25) is 5.91 Å². The van der Waals surface area contributed by atoms with E-state index in [0.717, 1.165) is 38.3 Å². The Hall–Kier alpha value is -0.650. The molecule has 126 valence electrons. The highest BCUT2D eigenvalue weighted by atomic mass is 16.2. The number of nitrogens with zero attached hydrogens (tertiary/aromatic N) is 4. The summed E-state index contributed by atoms with van der Waals surface area (Å²) in [6.45, 7) is 10.7. The minimum Gasteiger partial charge on any atom is -0.340 e. The van der Waals surface area contributed by atoms with Crippen molar-refractivity contribution < 1.29 is 4.79 Å². The number of carbonyl (C=O) groups is 1. The zero-order valence-electron chi connectivity index (χ0n) is 14.3. The molecule has 0 aliphatic carbocycles. The van der Waals surface area contributed by atoms with Gasteiger partial charge in [0.1, 0.15) is 0 Å². The summed E-state index contributed by atoms with van der Waals surface area (Å²) in [5.41, 5.74) is 0. The molecular formula is C17H32N4O. The van der Waals surface area contributed by atoms with Crippen LogP contribution in [-0.4, -0.2) is 97.0 Å². The van der Waals surface area contributed by atoms with Crippen LogP contribution in [-0.2, 0) is 4.79 Å². The Kier molecular flexibility index (Phi) is 5.37. The van der Waals surface area contributed by atoms with E-state index in [-0.39, 0.29) is 5.91 Å². The van der Waals surface area contributed by atoms with Gasteiger partial charge < -0.3 is 14.7 Å². The smallest absolute Gasteiger partial charge is 0.219 e. The molecule has 3 aliphatic rings. The van der Waals surface area contributed by atoms with E-state index in [0.29, 0.717) is 0 Å². The van der Waals surface area contributed by atoms with E-state index in [4.69, 9.17) is 0 Å². The molecule has 0 atom stereocenters. The van der Waals surface area contributed by atoms with E-state index in [9.17, 15) is 4.79 Å². The third kappa shape index (κ3) is 3.81. The zero-order valence-corrected chi connectivity index (χ0v) is 14.3. The monoisotopic (exact) mass is 308 g/mol. The van der Waals surface area contributed by atoms with Gasteiger partial charge in [-0.15, -0.1) is 0 Å². The first-order valence-electron chi connectivity index (χ1n) is 9.05. The van der Waals surface area contributed by atoms with Crippen LogP contribution in [0.15, 0.2) is 0 Å². The van der Waals surface area contributed by atoms with Crippen molar-refractivity contribution in [1.29, 1.82) is 0 Å². The third-order valence-corrected chi connectivity index (χ3v) is 5.98. The van der Waals surface area contributed by atoms with E-state index < -0.39 is 0 Å². The minimum atomic E-state index is 0.233. The number of hydrogen-bond acceptors (Lipinski definition) is 4. The van der Waals surface area contributed by atoms with Gasteiger partial charge in [0.15, 0.2) is 0 Å². The third-order valence-electron chi connectivity index (χ3n) is 5.98. The van der Waals surface area contributed by atoms with E-state index >= 15 is 0 Å². The van der Waals surface area contributed by atoms with Gasteiger partial charge in [-0.05, 0) is 58.9 Å². The quantitative estimate of drug-likeness (QED) is 0.751. The minimum absolute atomic E-state index is 0.233. The van der Waals surface area contributed by atoms with Crippen molar-refractivity contribution in [2.75, 3.05) is 59.4 Å². The lowest BCUT2D eigenvalue weighted by Crippen LogP contribution is -2.55. The van der Waals surface area contributed by atoms with Crippen LogP contribution in [0.25, 0.3) is 0 Å². The highest BCUT2D eigenvalue weighted by Gasteiger charge is 2.31. The fraction of sp³-hybridized carbons (Fsp3) is 0.941. The predicted octanol–water partition coefficient (Wildman–Crippen LogP) is 0.709. The Bertz CT molecular complexity index is 365. The Morgan fingerprint density at radius 2 is 1.18 bits per heavy atom. The van der Waals surface area contributed by atoms with Gasteiger partial charge >= 0.3 is 0 Å². The lowest BCUT2D eigenvalue weighted by Gasteiger charge is -2.45. The summed E-state index contributed by atoms with van der Waals surface area (Å²) in [4.78, 5) is 21.2. The number of likely N-dealkylation sites (tertiary alicyclic amines) is 2. The summed E-state index contributed by atoms with van der Waals surface area (Å²) in [5.74, 6) is 0.233. The van der Waals surface area contributed by atoms with Crippen LogP contribution >= 0.6 is 0 Å². The Morgan fingerprint density at radius 1 is 0.727 bits per heavy atom. The lowest BCUT2D eigenvalue weighted by molar-refractivity contribution is -0.131. The van der Waals surface area contributed by atoms with Crippen LogP contribution in [0.1, 0.15) is 32.6 Å². The van der Waals surface area contributed by atoms with Gasteiger partial charge in [-0.2, -0.15) is 0 Å². The summed E-state index contributed by atoms with van der Waals surface area (Å²) in [7, 11) is 2.24. The molecule has 0 aromatic rings. The van der Waals surface area contributed by atoms with Crippen LogP contribution in [0.4, 0.5) is 0 Å². The number of carbonyl (C=O) groups excluding carboxylic acids is 1. The van der Waals surface area contributed by atoms with Gasteiger partial charge in [0.25, 0.3) is 0 Å². The molecule has 0 saturated carbocycles. The van der Waals surface area contributed by atoms with Gasteiger partial charge in [0, 0.05) is 45.2 Å². The maximum Gasteiger partial charge on any atom is 0.219 e. The van der Waals surface area contributed by atoms with Crippen LogP contribution < -0.4 is 0 Å². The highest BCUT2D eigenvalue weighted by molar-refractivity contribution is 5.73. The molecule has 3 heterocycles. The molecular weight excluding hydrogens is 276 g/mol. The largest absolute Gasteiger partial charge is 0.340 e. The average molecular weight is 308 g/mol. The number of rotatable bonds is 2. The summed E-state index contributed by atoms with van der Waals surface area (Å²) in [5, 5.41) is 0. The molecule has 0 aromatic carbocycles. The first kappa shape index (κ1) is 16.2. The SMILES string of the molecule is CC(=O)N1CCN(C2CCN(C3CCN(C)CC3)CC2)CC1. The molecule has 0 N–H and O–H groups in total. The van der Waals surface area contributed by atoms with Gasteiger partial charge in [0.05, 0.1) is 0 Å². The summed E-state index contributed by atoms with van der Waals surface area (Å²) in [6, 6.07) is 1.57. The van der Waals surface area contributed by atoms with Crippen molar-refractivity contribution in [3.63, 3.8) is 0 Å². The summed E-state index contributed by atoms with van der Waals surface area (Å²) in [6.07, 6.45) is 5.32. The Labute approximate surface area is 135 Å². The topological polar surface area (TPSA) is 30.0 Å². The van der Waals surface area contributed by atoms with E-state index in [2.05, 4.69) is 21.7 Å². The van der Waals surface area contributed by atoms with Crippen LogP contribution in [0.5, 0.6) is 0 Å². The molecule has 5 nitrogen and oxygen atoms in total. The van der Waals surface area contributed by atoms with Crippen LogP contribution in [0, 0.1) is 0 Å². The Balaban J connectivity index is 1.41. The molecule has 0 radical (unpaired) electrons. The molecule has 3 aliphatic heterocycles. The lowest BCUT2D eigenvalue weighted by atomic mass is 9.97. The fourth-order valence-electron chi connectivity index (χ4n) is 4.38. The number of hydrogen-bond donors (Lipinski definition) is 0. The second-order valence-electron chi connectivity index (χ2n) is 7.34. The first-order valence-corrected chi connectivity index (χ1v) is 9.05. The van der Waals surface area contributed by atoms with Gasteiger partial charge in [-0.1, -0.05) is 0 Å².